The van der Waals surface area contributed by atoms with Crippen LogP contribution in [0.2, 0.25) is 0 Å². The molecule has 122 heavy (non-hydrogen) atoms. The number of nitrogens with zero attached hydrogens (tertiary/aromatic N) is 4. The fourth-order valence-corrected chi connectivity index (χ4v) is 12.2. The van der Waals surface area contributed by atoms with Gasteiger partial charge in [0.2, 0.25) is 0 Å². The molecule has 4 N–H and O–H groups in total. The van der Waals surface area contributed by atoms with Gasteiger partial charge < -0.3 is 96.9 Å². The number of carboxylic acid groups (broad SMARTS) is 4. The van der Waals surface area contributed by atoms with Gasteiger partial charge in [0.15, 0.2) is 0 Å². The first-order valence-electron chi connectivity index (χ1n) is 40.1. The first-order chi connectivity index (χ1) is 58.5. The second-order valence-electron chi connectivity index (χ2n) is 29.4. The maximum atomic E-state index is 12.0. The number of ether oxygens (including phenoxy) is 12. The molecule has 0 fully saturated rings. The molecular formula is C94H120N4O24. The lowest BCUT2D eigenvalue weighted by Gasteiger charge is -2.22. The molecule has 0 bridgehead atoms. The van der Waals surface area contributed by atoms with Crippen LogP contribution in [0.4, 0.5) is 0 Å². The Morgan fingerprint density at radius 2 is 0.598 bits per heavy atom. The van der Waals surface area contributed by atoms with Crippen molar-refractivity contribution in [2.75, 3.05) is 137 Å². The van der Waals surface area contributed by atoms with Gasteiger partial charge in [0, 0.05) is 38.2 Å². The van der Waals surface area contributed by atoms with Gasteiger partial charge in [-0.15, -0.1) is 0 Å². The molecule has 0 amide bonds. The van der Waals surface area contributed by atoms with Crippen molar-refractivity contribution in [3.63, 3.8) is 0 Å². The van der Waals surface area contributed by atoms with Gasteiger partial charge in [0.25, 0.3) is 0 Å². The average Bonchev–Trinajstić information content (AvgIpc) is 0.840. The molecule has 8 aromatic carbocycles. The smallest absolute Gasteiger partial charge is 0.306 e. The number of aryl methyl sites for hydroxylation is 4. The summed E-state index contributed by atoms with van der Waals surface area (Å²) >= 11 is 0. The second kappa shape index (κ2) is 56.3. The third-order valence-corrected chi connectivity index (χ3v) is 17.9. The fourth-order valence-electron chi connectivity index (χ4n) is 12.2. The van der Waals surface area contributed by atoms with E-state index in [-0.39, 0.29) is 77.8 Å². The number of carbonyl (C=O) groups is 8. The van der Waals surface area contributed by atoms with Crippen LogP contribution in [-0.4, -0.2) is 250 Å². The SMILES string of the molecule is COc1ccc(-c2ccccc2OCC(CN(C)C)OC(=O)CCC(=O)O)cc1.COc1cccc(CCCc2ccccc2OCC(CN(C)C)OC(=O)CCC(=O)O)c1.COc1cccc(CCc2ccccc2OCC(CN(C)C)OC(=O)CCC(=O)O)c1.COc1cccc(Cc2ccccc2OCC(CN(C)C)OC(=O)CCC(=O)O)c1. The van der Waals surface area contributed by atoms with Crippen molar-refractivity contribution in [2.24, 2.45) is 0 Å². The molecule has 0 spiro atoms. The van der Waals surface area contributed by atoms with E-state index in [0.29, 0.717) is 44.1 Å². The number of hydrogen-bond acceptors (Lipinski definition) is 24. The van der Waals surface area contributed by atoms with Crippen molar-refractivity contribution in [1.82, 2.24) is 19.6 Å². The number of likely N-dealkylation sites (N-methyl/N-ethyl adjacent to an activating group) is 4. The minimum atomic E-state index is -1.03. The number of aliphatic carboxylic acids is 4. The third kappa shape index (κ3) is 42.1. The molecule has 0 aliphatic carbocycles. The highest BCUT2D eigenvalue weighted by Gasteiger charge is 2.24. The summed E-state index contributed by atoms with van der Waals surface area (Å²) in [6.45, 7) is 2.61. The Labute approximate surface area is 716 Å². The molecule has 4 atom stereocenters. The van der Waals surface area contributed by atoms with Crippen LogP contribution in [0, 0.1) is 0 Å². The number of esters is 4. The van der Waals surface area contributed by atoms with Gasteiger partial charge in [-0.25, -0.2) is 0 Å². The van der Waals surface area contributed by atoms with E-state index in [2.05, 4.69) is 12.1 Å². The predicted octanol–water partition coefficient (Wildman–Crippen LogP) is 12.9. The molecule has 0 aliphatic heterocycles. The summed E-state index contributed by atoms with van der Waals surface area (Å²) in [5.74, 6) is -0.122. The van der Waals surface area contributed by atoms with Gasteiger partial charge in [-0.05, 0) is 200 Å². The van der Waals surface area contributed by atoms with Gasteiger partial charge in [-0.3, -0.25) is 38.4 Å². The van der Waals surface area contributed by atoms with Crippen LogP contribution < -0.4 is 37.9 Å². The summed E-state index contributed by atoms with van der Waals surface area (Å²) in [6, 6.07) is 62.6. The van der Waals surface area contributed by atoms with E-state index in [1.54, 1.807) is 28.4 Å². The number of hydrogen-bond donors (Lipinski definition) is 4. The molecular weight excluding hydrogens is 1570 g/mol. The Morgan fingerprint density at radius 3 is 0.959 bits per heavy atom. The number of rotatable bonds is 50. The molecule has 28 heteroatoms. The number of carboxylic acids is 4. The van der Waals surface area contributed by atoms with Crippen molar-refractivity contribution in [3.05, 3.63) is 228 Å². The lowest BCUT2D eigenvalue weighted by molar-refractivity contribution is -0.154. The summed E-state index contributed by atoms with van der Waals surface area (Å²) in [7, 11) is 21.6. The number of carbonyl (C=O) groups excluding carboxylic acids is 4. The Balaban J connectivity index is 0.000000289. The molecule has 0 aromatic heterocycles. The third-order valence-electron chi connectivity index (χ3n) is 17.9. The summed E-state index contributed by atoms with van der Waals surface area (Å²) in [5, 5.41) is 34.9. The quantitative estimate of drug-likeness (QED) is 0.0203. The number of methoxy groups -OCH3 is 4. The summed E-state index contributed by atoms with van der Waals surface area (Å²) < 4.78 is 66.9. The first-order valence-corrected chi connectivity index (χ1v) is 40.1. The highest BCUT2D eigenvalue weighted by molar-refractivity contribution is 5.79. The standard InChI is InChI=1S/C25H33NO6.C24H31NO6.C23H29NO6.C22H27NO6/c1-26(2)17-22(32-25(29)15-14-24(27)28)18-31-23-13-5-4-10-20(23)11-6-8-19-9-7-12-21(16-19)30-3;1-25(2)16-21(31-24(28)14-13-23(26)27)17-30-22-10-5-4-8-19(22)12-11-18-7-6-9-20(15-18)29-3;1-24(2)15-20(30-23(27)12-11-22(25)26)16-29-21-10-5-4-8-18(21)13-17-7-6-9-19(14-17)28-3;1-23(2)14-18(29-22(26)13-12-21(24)25)15-28-20-7-5-4-6-19(20)16-8-10-17(27-3)11-9-16/h4-5,7,9-10,12-13,16,22H,6,8,11,14-15,17-18H2,1-3H3,(H,27,28);4-10,15,21H,11-14,16-17H2,1-3H3,(H,26,27);4-10,14,20H,11-13,15-16H2,1-3H3,(H,25,26);4-11,18H,12-15H2,1-3H3,(H,24,25). The minimum absolute atomic E-state index is 0.153. The van der Waals surface area contributed by atoms with Gasteiger partial charge in [0.1, 0.15) is 96.8 Å². The topological polar surface area (TPSA) is 341 Å². The minimum Gasteiger partial charge on any atom is -0.497 e. The molecule has 8 rings (SSSR count). The zero-order chi connectivity index (χ0) is 89.1. The van der Waals surface area contributed by atoms with E-state index in [1.807, 2.05) is 258 Å². The van der Waals surface area contributed by atoms with Crippen LogP contribution in [-0.2, 0) is 89.4 Å². The molecule has 0 aliphatic rings. The predicted molar refractivity (Wildman–Crippen MR) is 462 cm³/mol. The maximum Gasteiger partial charge on any atom is 0.306 e. The molecule has 8 aromatic rings. The van der Waals surface area contributed by atoms with Gasteiger partial charge in [-0.1, -0.05) is 121 Å². The second-order valence-corrected chi connectivity index (χ2v) is 29.4. The summed E-state index contributed by atoms with van der Waals surface area (Å²) in [5.41, 5.74) is 8.54. The Morgan fingerprint density at radius 1 is 0.295 bits per heavy atom. The largest absolute Gasteiger partial charge is 0.497 e. The fraction of sp³-hybridized carbons (Fsp3) is 0.404. The Bertz CT molecular complexity index is 4480. The normalized spacial score (nSPS) is 11.7. The molecule has 660 valence electrons. The molecule has 0 saturated carbocycles. The van der Waals surface area contributed by atoms with Crippen LogP contribution in [0.5, 0.6) is 46.0 Å². The van der Waals surface area contributed by atoms with E-state index >= 15 is 0 Å². The van der Waals surface area contributed by atoms with Crippen molar-refractivity contribution in [1.29, 1.82) is 0 Å². The van der Waals surface area contributed by atoms with Gasteiger partial charge in [-0.2, -0.15) is 0 Å². The first kappa shape index (κ1) is 100. The Hall–Kier alpha value is -12.2. The monoisotopic (exact) mass is 1690 g/mol. The number of benzene rings is 8. The molecule has 4 unspecified atom stereocenters. The van der Waals surface area contributed by atoms with Crippen LogP contribution in [0.3, 0.4) is 0 Å². The van der Waals surface area contributed by atoms with Crippen LogP contribution in [0.25, 0.3) is 11.1 Å². The zero-order valence-corrected chi connectivity index (χ0v) is 72.1. The highest BCUT2D eigenvalue weighted by atomic mass is 16.6. The van der Waals surface area contributed by atoms with E-state index in [9.17, 15) is 38.4 Å². The lowest BCUT2D eigenvalue weighted by atomic mass is 10.0. The zero-order valence-electron chi connectivity index (χ0n) is 72.1. The van der Waals surface area contributed by atoms with E-state index in [4.69, 9.17) is 77.3 Å². The molecule has 0 radical (unpaired) electrons. The van der Waals surface area contributed by atoms with E-state index in [1.165, 1.54) is 11.1 Å². The van der Waals surface area contributed by atoms with Crippen molar-refractivity contribution < 1.29 is 116 Å². The summed E-state index contributed by atoms with van der Waals surface area (Å²) in [4.78, 5) is 98.0. The van der Waals surface area contributed by atoms with Crippen LogP contribution in [0.1, 0.15) is 91.2 Å². The Kier molecular flexibility index (Phi) is 46.3. The van der Waals surface area contributed by atoms with E-state index < -0.39 is 72.2 Å². The van der Waals surface area contributed by atoms with Gasteiger partial charge >= 0.3 is 47.8 Å². The van der Waals surface area contributed by atoms with Crippen LogP contribution >= 0.6 is 0 Å². The van der Waals surface area contributed by atoms with E-state index in [0.717, 1.165) is 100.0 Å². The summed E-state index contributed by atoms with van der Waals surface area (Å²) in [6.07, 6.45) is 1.38. The number of para-hydroxylation sites is 4. The maximum absolute atomic E-state index is 12.0. The van der Waals surface area contributed by atoms with Crippen LogP contribution in [0.15, 0.2) is 194 Å². The highest BCUT2D eigenvalue weighted by Crippen LogP contribution is 2.32. The molecule has 28 nitrogen and oxygen atoms in total. The molecule has 0 heterocycles. The molecule has 0 saturated heterocycles. The average molecular weight is 1690 g/mol. The lowest BCUT2D eigenvalue weighted by Crippen LogP contribution is -2.35. The van der Waals surface area contributed by atoms with Crippen molar-refractivity contribution >= 4 is 47.8 Å². The van der Waals surface area contributed by atoms with Gasteiger partial charge in [0.05, 0.1) is 79.8 Å². The van der Waals surface area contributed by atoms with Crippen molar-refractivity contribution in [3.8, 4) is 57.1 Å². The van der Waals surface area contributed by atoms with Crippen molar-refractivity contribution in [2.45, 2.75) is 114 Å².